The summed E-state index contributed by atoms with van der Waals surface area (Å²) >= 11 is 1.30. The number of aromatic nitrogens is 1. The van der Waals surface area contributed by atoms with E-state index in [-0.39, 0.29) is 31.0 Å². The Labute approximate surface area is 226 Å². The summed E-state index contributed by atoms with van der Waals surface area (Å²) in [4.78, 5) is 20.2. The van der Waals surface area contributed by atoms with Crippen molar-refractivity contribution in [2.75, 3.05) is 19.8 Å². The van der Waals surface area contributed by atoms with Crippen molar-refractivity contribution in [2.45, 2.75) is 58.6 Å². The van der Waals surface area contributed by atoms with Crippen molar-refractivity contribution in [1.82, 2.24) is 9.88 Å². The SMILES string of the molecule is C[C@H](O)C(=O)N(CC[C@H](N)CF)CC(c1nc(-c2cc(F)ccc2F)sc1Cc1ccccc1)C(C)(C)C. The van der Waals surface area contributed by atoms with Crippen LogP contribution in [0.15, 0.2) is 48.5 Å². The van der Waals surface area contributed by atoms with E-state index in [9.17, 15) is 23.1 Å². The zero-order chi connectivity index (χ0) is 28.0. The van der Waals surface area contributed by atoms with Gasteiger partial charge in [-0.25, -0.2) is 18.2 Å². The lowest BCUT2D eigenvalue weighted by Crippen LogP contribution is -2.44. The molecule has 0 aliphatic carbocycles. The van der Waals surface area contributed by atoms with Crippen LogP contribution in [-0.2, 0) is 11.2 Å². The van der Waals surface area contributed by atoms with Gasteiger partial charge in [0.1, 0.15) is 29.4 Å². The Balaban J connectivity index is 2.10. The number of aliphatic hydroxyl groups excluding tert-OH is 1. The monoisotopic (exact) mass is 547 g/mol. The summed E-state index contributed by atoms with van der Waals surface area (Å²) in [5, 5.41) is 10.4. The number of aliphatic hydroxyl groups is 1. The van der Waals surface area contributed by atoms with Crippen LogP contribution in [-0.4, -0.2) is 52.8 Å². The number of thiazole rings is 1. The fraction of sp³-hybridized carbons (Fsp3) is 0.448. The summed E-state index contributed by atoms with van der Waals surface area (Å²) < 4.78 is 41.9. The van der Waals surface area contributed by atoms with Gasteiger partial charge in [0, 0.05) is 41.9 Å². The van der Waals surface area contributed by atoms with Gasteiger partial charge in [0.25, 0.3) is 5.91 Å². The smallest absolute Gasteiger partial charge is 0.251 e. The van der Waals surface area contributed by atoms with Gasteiger partial charge in [-0.2, -0.15) is 0 Å². The van der Waals surface area contributed by atoms with Crippen molar-refractivity contribution in [2.24, 2.45) is 11.1 Å². The van der Waals surface area contributed by atoms with Crippen molar-refractivity contribution < 1.29 is 23.1 Å². The van der Waals surface area contributed by atoms with Crippen LogP contribution >= 0.6 is 11.3 Å². The standard InChI is InChI=1S/C29H36F3N3O2S/c1-18(36)28(37)35(13-12-21(33)16-30)17-23(29(2,3)4)26-25(14-19-8-6-5-7-9-19)38-27(34-26)22-15-20(31)10-11-24(22)32/h5-11,15,18,21,23,36H,12-14,16-17,33H2,1-4H3/t18-,21-,23?/m0/s1. The summed E-state index contributed by atoms with van der Waals surface area (Å²) in [5.74, 6) is -1.95. The lowest BCUT2D eigenvalue weighted by atomic mass is 9.77. The Morgan fingerprint density at radius 2 is 1.84 bits per heavy atom. The maximum absolute atomic E-state index is 14.7. The predicted molar refractivity (Wildman–Crippen MR) is 146 cm³/mol. The van der Waals surface area contributed by atoms with E-state index < -0.39 is 41.8 Å². The molecular weight excluding hydrogens is 511 g/mol. The van der Waals surface area contributed by atoms with Gasteiger partial charge in [0.15, 0.2) is 0 Å². The van der Waals surface area contributed by atoms with Gasteiger partial charge in [-0.15, -0.1) is 11.3 Å². The molecule has 0 aliphatic heterocycles. The van der Waals surface area contributed by atoms with Crippen LogP contribution in [0, 0.1) is 17.0 Å². The molecule has 38 heavy (non-hydrogen) atoms. The maximum atomic E-state index is 14.7. The predicted octanol–water partition coefficient (Wildman–Crippen LogP) is 5.71. The average molecular weight is 548 g/mol. The highest BCUT2D eigenvalue weighted by Crippen LogP contribution is 2.42. The van der Waals surface area contributed by atoms with Crippen molar-refractivity contribution in [3.8, 4) is 10.6 Å². The summed E-state index contributed by atoms with van der Waals surface area (Å²) in [6, 6.07) is 12.3. The highest BCUT2D eigenvalue weighted by Gasteiger charge is 2.35. The van der Waals surface area contributed by atoms with E-state index in [2.05, 4.69) is 0 Å². The second-order valence-electron chi connectivity index (χ2n) is 10.7. The van der Waals surface area contributed by atoms with Crippen molar-refractivity contribution in [3.63, 3.8) is 0 Å². The van der Waals surface area contributed by atoms with E-state index in [1.54, 1.807) is 0 Å². The number of benzene rings is 2. The van der Waals surface area contributed by atoms with Crippen LogP contribution in [0.2, 0.25) is 0 Å². The molecule has 0 fully saturated rings. The number of halogens is 3. The topological polar surface area (TPSA) is 79.5 Å². The van der Waals surface area contributed by atoms with Crippen molar-refractivity contribution in [1.29, 1.82) is 0 Å². The number of rotatable bonds is 11. The highest BCUT2D eigenvalue weighted by atomic mass is 32.1. The number of carbonyl (C=O) groups is 1. The number of amides is 1. The van der Waals surface area contributed by atoms with Gasteiger partial charge in [0.2, 0.25) is 0 Å². The number of hydrogen-bond donors (Lipinski definition) is 2. The molecule has 0 aliphatic rings. The van der Waals surface area contributed by atoms with Crippen molar-refractivity contribution >= 4 is 17.2 Å². The van der Waals surface area contributed by atoms with E-state index in [1.807, 2.05) is 51.1 Å². The first kappa shape index (κ1) is 29.8. The molecule has 3 N–H and O–H groups in total. The summed E-state index contributed by atoms with van der Waals surface area (Å²) in [7, 11) is 0. The van der Waals surface area contributed by atoms with E-state index >= 15 is 0 Å². The highest BCUT2D eigenvalue weighted by molar-refractivity contribution is 7.15. The summed E-state index contributed by atoms with van der Waals surface area (Å²) in [6.45, 7) is 7.10. The number of alkyl halides is 1. The Bertz CT molecular complexity index is 1210. The first-order valence-electron chi connectivity index (χ1n) is 12.7. The lowest BCUT2D eigenvalue weighted by Gasteiger charge is -2.36. The van der Waals surface area contributed by atoms with E-state index in [4.69, 9.17) is 10.7 Å². The Kier molecular flexibility index (Phi) is 10.1. The molecule has 0 spiro atoms. The molecule has 0 saturated carbocycles. The van der Waals surface area contributed by atoms with Gasteiger partial charge in [-0.3, -0.25) is 4.79 Å². The van der Waals surface area contributed by atoms with Crippen LogP contribution in [0.3, 0.4) is 0 Å². The van der Waals surface area contributed by atoms with E-state index in [0.717, 1.165) is 28.6 Å². The molecule has 0 radical (unpaired) electrons. The van der Waals surface area contributed by atoms with Gasteiger partial charge in [-0.05, 0) is 42.5 Å². The second-order valence-corrected chi connectivity index (χ2v) is 11.8. The molecule has 1 unspecified atom stereocenters. The molecule has 0 bridgehead atoms. The third kappa shape index (κ3) is 7.65. The Morgan fingerprint density at radius 3 is 2.45 bits per heavy atom. The molecule has 5 nitrogen and oxygen atoms in total. The van der Waals surface area contributed by atoms with Gasteiger partial charge in [-0.1, -0.05) is 51.1 Å². The third-order valence-electron chi connectivity index (χ3n) is 6.51. The van der Waals surface area contributed by atoms with Crippen LogP contribution in [0.25, 0.3) is 10.6 Å². The van der Waals surface area contributed by atoms with Gasteiger partial charge < -0.3 is 15.7 Å². The number of nitrogens with zero attached hydrogens (tertiary/aromatic N) is 2. The third-order valence-corrected chi connectivity index (χ3v) is 7.61. The zero-order valence-electron chi connectivity index (χ0n) is 22.3. The first-order valence-corrected chi connectivity index (χ1v) is 13.5. The molecule has 1 heterocycles. The van der Waals surface area contributed by atoms with Gasteiger partial charge >= 0.3 is 0 Å². The lowest BCUT2D eigenvalue weighted by molar-refractivity contribution is -0.140. The second kappa shape index (κ2) is 12.9. The first-order chi connectivity index (χ1) is 17.9. The minimum atomic E-state index is -1.24. The largest absolute Gasteiger partial charge is 0.384 e. The van der Waals surface area contributed by atoms with Crippen LogP contribution in [0.5, 0.6) is 0 Å². The molecule has 1 amide bonds. The quantitative estimate of drug-likeness (QED) is 0.323. The average Bonchev–Trinajstić information content (AvgIpc) is 3.27. The van der Waals surface area contributed by atoms with Crippen LogP contribution in [0.1, 0.15) is 56.2 Å². The summed E-state index contributed by atoms with van der Waals surface area (Å²) in [6.07, 6.45) is -0.484. The zero-order valence-corrected chi connectivity index (χ0v) is 23.1. The molecule has 3 aromatic rings. The van der Waals surface area contributed by atoms with Crippen LogP contribution < -0.4 is 5.73 Å². The molecule has 206 valence electrons. The number of carbonyl (C=O) groups excluding carboxylic acids is 1. The molecule has 3 rings (SSSR count). The van der Waals surface area contributed by atoms with Crippen LogP contribution in [0.4, 0.5) is 13.2 Å². The van der Waals surface area contributed by atoms with E-state index in [1.165, 1.54) is 23.2 Å². The molecular formula is C29H36F3N3O2S. The molecule has 0 saturated heterocycles. The normalized spacial score (nSPS) is 14.2. The fourth-order valence-corrected chi connectivity index (χ4v) is 5.44. The fourth-order valence-electron chi connectivity index (χ4n) is 4.27. The molecule has 9 heteroatoms. The Morgan fingerprint density at radius 1 is 1.16 bits per heavy atom. The minimum absolute atomic E-state index is 0.0778. The number of nitrogens with two attached hydrogens (primary N) is 1. The molecule has 2 aromatic carbocycles. The van der Waals surface area contributed by atoms with Crippen molar-refractivity contribution in [3.05, 3.63) is 76.3 Å². The van der Waals surface area contributed by atoms with Gasteiger partial charge in [0.05, 0.1) is 5.69 Å². The maximum Gasteiger partial charge on any atom is 0.251 e. The number of hydrogen-bond acceptors (Lipinski definition) is 5. The minimum Gasteiger partial charge on any atom is -0.384 e. The summed E-state index contributed by atoms with van der Waals surface area (Å²) in [5.41, 5.74) is 7.16. The molecule has 1 aromatic heterocycles. The Hall–Kier alpha value is -2.75. The molecule has 3 atom stereocenters. The van der Waals surface area contributed by atoms with E-state index in [0.29, 0.717) is 17.1 Å².